The van der Waals surface area contributed by atoms with Gasteiger partial charge in [0.2, 0.25) is 0 Å². The zero-order chi connectivity index (χ0) is 13.0. The molecule has 2 atom stereocenters. The van der Waals surface area contributed by atoms with Crippen LogP contribution in [0.5, 0.6) is 0 Å². The molecule has 1 saturated carbocycles. The van der Waals surface area contributed by atoms with Crippen LogP contribution in [0.15, 0.2) is 12.4 Å². The Balaban J connectivity index is 2.01. The van der Waals surface area contributed by atoms with Crippen molar-refractivity contribution in [2.45, 2.75) is 45.1 Å². The van der Waals surface area contributed by atoms with Gasteiger partial charge >= 0.3 is 0 Å². The first-order valence-corrected chi connectivity index (χ1v) is 6.96. The molecule has 0 radical (unpaired) electrons. The Bertz CT molecular complexity index is 404. The van der Waals surface area contributed by atoms with E-state index in [0.717, 1.165) is 5.82 Å². The average molecular weight is 264 g/mol. The predicted octanol–water partition coefficient (Wildman–Crippen LogP) is 2.49. The van der Waals surface area contributed by atoms with Crippen LogP contribution >= 0.6 is 12.2 Å². The molecule has 18 heavy (non-hydrogen) atoms. The fraction of sp³-hybridized carbons (Fsp3) is 0.615. The SMILES string of the molecule is CC1CCCCCC1Nc1cnc(C(N)=S)cn1. The zero-order valence-corrected chi connectivity index (χ0v) is 11.5. The molecule has 1 aromatic heterocycles. The fourth-order valence-electron chi connectivity index (χ4n) is 2.43. The van der Waals surface area contributed by atoms with Gasteiger partial charge in [-0.3, -0.25) is 0 Å². The van der Waals surface area contributed by atoms with Crippen molar-refractivity contribution in [3.8, 4) is 0 Å². The third-order valence-corrected chi connectivity index (χ3v) is 3.81. The van der Waals surface area contributed by atoms with Crippen molar-refractivity contribution in [3.05, 3.63) is 18.1 Å². The van der Waals surface area contributed by atoms with E-state index in [1.54, 1.807) is 12.4 Å². The van der Waals surface area contributed by atoms with Crippen LogP contribution in [0.3, 0.4) is 0 Å². The molecule has 2 rings (SSSR count). The molecule has 4 nitrogen and oxygen atoms in total. The minimum atomic E-state index is 0.289. The van der Waals surface area contributed by atoms with Gasteiger partial charge in [0, 0.05) is 6.04 Å². The number of nitrogens with one attached hydrogen (secondary N) is 1. The molecule has 98 valence electrons. The second kappa shape index (κ2) is 6.09. The Morgan fingerprint density at radius 2 is 2.06 bits per heavy atom. The lowest BCUT2D eigenvalue weighted by molar-refractivity contribution is 0.455. The van der Waals surface area contributed by atoms with Crippen LogP contribution in [-0.2, 0) is 0 Å². The minimum absolute atomic E-state index is 0.289. The van der Waals surface area contributed by atoms with E-state index in [0.29, 0.717) is 17.7 Å². The Labute approximate surface area is 113 Å². The maximum atomic E-state index is 5.50. The lowest BCUT2D eigenvalue weighted by Gasteiger charge is -2.23. The summed E-state index contributed by atoms with van der Waals surface area (Å²) in [5.41, 5.74) is 6.07. The van der Waals surface area contributed by atoms with E-state index >= 15 is 0 Å². The summed E-state index contributed by atoms with van der Waals surface area (Å²) >= 11 is 4.86. The van der Waals surface area contributed by atoms with Crippen molar-refractivity contribution in [3.63, 3.8) is 0 Å². The molecule has 0 amide bonds. The summed E-state index contributed by atoms with van der Waals surface area (Å²) in [7, 11) is 0. The van der Waals surface area contributed by atoms with E-state index in [-0.39, 0.29) is 4.99 Å². The van der Waals surface area contributed by atoms with Gasteiger partial charge in [0.25, 0.3) is 0 Å². The molecule has 0 aromatic carbocycles. The Morgan fingerprint density at radius 1 is 1.28 bits per heavy atom. The van der Waals surface area contributed by atoms with Crippen molar-refractivity contribution in [1.29, 1.82) is 0 Å². The molecule has 0 saturated heterocycles. The standard InChI is InChI=1S/C13H20N4S/c1-9-5-3-2-4-6-10(9)17-12-8-15-11(7-16-12)13(14)18/h7-10H,2-6H2,1H3,(H2,14,18)(H,16,17). The van der Waals surface area contributed by atoms with Crippen LogP contribution in [0.25, 0.3) is 0 Å². The second-order valence-electron chi connectivity index (χ2n) is 5.02. The number of nitrogens with zero attached hydrogens (tertiary/aromatic N) is 2. The van der Waals surface area contributed by atoms with E-state index in [1.165, 1.54) is 32.1 Å². The van der Waals surface area contributed by atoms with Crippen LogP contribution in [0.4, 0.5) is 5.82 Å². The molecule has 1 aliphatic rings. The van der Waals surface area contributed by atoms with Crippen LogP contribution in [-0.4, -0.2) is 21.0 Å². The highest BCUT2D eigenvalue weighted by Crippen LogP contribution is 2.25. The van der Waals surface area contributed by atoms with Crippen molar-refractivity contribution in [2.24, 2.45) is 11.7 Å². The maximum absolute atomic E-state index is 5.50. The summed E-state index contributed by atoms with van der Waals surface area (Å²) in [4.78, 5) is 8.81. The van der Waals surface area contributed by atoms with Crippen LogP contribution in [0, 0.1) is 5.92 Å². The predicted molar refractivity (Wildman–Crippen MR) is 77.6 cm³/mol. The number of hydrogen-bond donors (Lipinski definition) is 2. The van der Waals surface area contributed by atoms with Crippen molar-refractivity contribution < 1.29 is 0 Å². The molecule has 2 unspecified atom stereocenters. The largest absolute Gasteiger partial charge is 0.388 e. The van der Waals surface area contributed by atoms with E-state index in [4.69, 9.17) is 18.0 Å². The Morgan fingerprint density at radius 3 is 2.72 bits per heavy atom. The van der Waals surface area contributed by atoms with E-state index in [9.17, 15) is 0 Å². The van der Waals surface area contributed by atoms with E-state index in [2.05, 4.69) is 22.2 Å². The molecule has 0 bridgehead atoms. The van der Waals surface area contributed by atoms with Crippen LogP contribution in [0.2, 0.25) is 0 Å². The molecule has 1 aromatic rings. The molecule has 1 heterocycles. The maximum Gasteiger partial charge on any atom is 0.144 e. The van der Waals surface area contributed by atoms with Crippen LogP contribution < -0.4 is 11.1 Å². The highest BCUT2D eigenvalue weighted by Gasteiger charge is 2.19. The molecule has 1 fully saturated rings. The van der Waals surface area contributed by atoms with Gasteiger partial charge in [0.15, 0.2) is 0 Å². The summed E-state index contributed by atoms with van der Waals surface area (Å²) < 4.78 is 0. The van der Waals surface area contributed by atoms with Gasteiger partial charge in [-0.25, -0.2) is 9.97 Å². The summed E-state index contributed by atoms with van der Waals surface area (Å²) in [6, 6.07) is 0.498. The molecule has 3 N–H and O–H groups in total. The first-order chi connectivity index (χ1) is 8.66. The lowest BCUT2D eigenvalue weighted by Crippen LogP contribution is -2.27. The zero-order valence-electron chi connectivity index (χ0n) is 10.7. The number of anilines is 1. The van der Waals surface area contributed by atoms with Gasteiger partial charge in [0.05, 0.1) is 12.4 Å². The van der Waals surface area contributed by atoms with Crippen molar-refractivity contribution >= 4 is 23.0 Å². The molecule has 0 spiro atoms. The Hall–Kier alpha value is -1.23. The monoisotopic (exact) mass is 264 g/mol. The third-order valence-electron chi connectivity index (χ3n) is 3.60. The number of rotatable bonds is 3. The smallest absolute Gasteiger partial charge is 0.144 e. The van der Waals surface area contributed by atoms with Gasteiger partial charge in [0.1, 0.15) is 16.5 Å². The van der Waals surface area contributed by atoms with Gasteiger partial charge < -0.3 is 11.1 Å². The topological polar surface area (TPSA) is 63.8 Å². The van der Waals surface area contributed by atoms with Crippen molar-refractivity contribution in [1.82, 2.24) is 9.97 Å². The van der Waals surface area contributed by atoms with Gasteiger partial charge in [-0.2, -0.15) is 0 Å². The summed E-state index contributed by atoms with van der Waals surface area (Å²) in [6.45, 7) is 2.31. The summed E-state index contributed by atoms with van der Waals surface area (Å²) in [6.07, 6.45) is 9.81. The van der Waals surface area contributed by atoms with E-state index in [1.807, 2.05) is 0 Å². The third kappa shape index (κ3) is 3.38. The normalized spacial score (nSPS) is 24.3. The first-order valence-electron chi connectivity index (χ1n) is 6.55. The highest BCUT2D eigenvalue weighted by molar-refractivity contribution is 7.80. The quantitative estimate of drug-likeness (QED) is 0.648. The average Bonchev–Trinajstić information content (AvgIpc) is 2.56. The molecule has 1 aliphatic carbocycles. The lowest BCUT2D eigenvalue weighted by atomic mass is 9.97. The highest BCUT2D eigenvalue weighted by atomic mass is 32.1. The molecular weight excluding hydrogens is 244 g/mol. The van der Waals surface area contributed by atoms with Crippen molar-refractivity contribution in [2.75, 3.05) is 5.32 Å². The molecule has 0 aliphatic heterocycles. The second-order valence-corrected chi connectivity index (χ2v) is 5.46. The fourth-order valence-corrected chi connectivity index (χ4v) is 2.53. The summed E-state index contributed by atoms with van der Waals surface area (Å²) in [5, 5.41) is 3.48. The number of nitrogens with two attached hydrogens (primary N) is 1. The Kier molecular flexibility index (Phi) is 4.47. The van der Waals surface area contributed by atoms with E-state index < -0.39 is 0 Å². The van der Waals surface area contributed by atoms with Gasteiger partial charge in [-0.05, 0) is 18.8 Å². The molecular formula is C13H20N4S. The minimum Gasteiger partial charge on any atom is -0.388 e. The number of aromatic nitrogens is 2. The summed E-state index contributed by atoms with van der Waals surface area (Å²) in [5.74, 6) is 1.50. The number of hydrogen-bond acceptors (Lipinski definition) is 4. The van der Waals surface area contributed by atoms with Gasteiger partial charge in [-0.15, -0.1) is 0 Å². The number of thiocarbonyl (C=S) groups is 1. The molecule has 5 heteroatoms. The van der Waals surface area contributed by atoms with Gasteiger partial charge in [-0.1, -0.05) is 38.4 Å². The first kappa shape index (κ1) is 13.2. The van der Waals surface area contributed by atoms with Crippen LogP contribution in [0.1, 0.15) is 44.7 Å².